The average Bonchev–Trinajstić information content (AvgIpc) is 2.59. The van der Waals surface area contributed by atoms with Crippen LogP contribution in [-0.2, 0) is 7.05 Å². The van der Waals surface area contributed by atoms with Gasteiger partial charge in [0.2, 0.25) is 5.82 Å². The highest BCUT2D eigenvalue weighted by Gasteiger charge is 2.31. The lowest BCUT2D eigenvalue weighted by atomic mass is 9.88. The summed E-state index contributed by atoms with van der Waals surface area (Å²) in [4.78, 5) is 10.4. The number of hydrogen-bond acceptors (Lipinski definition) is 5. The Hall–Kier alpha value is -1.63. The van der Waals surface area contributed by atoms with E-state index >= 15 is 0 Å². The van der Waals surface area contributed by atoms with Crippen molar-refractivity contribution < 1.29 is 4.92 Å². The van der Waals surface area contributed by atoms with Crippen LogP contribution < -0.4 is 11.1 Å². The van der Waals surface area contributed by atoms with Gasteiger partial charge in [0.1, 0.15) is 6.20 Å². The molecule has 1 aromatic heterocycles. The van der Waals surface area contributed by atoms with Gasteiger partial charge in [-0.15, -0.1) is 5.10 Å². The van der Waals surface area contributed by atoms with E-state index in [0.29, 0.717) is 6.54 Å². The van der Waals surface area contributed by atoms with Crippen molar-refractivity contribution in [1.29, 1.82) is 0 Å². The fourth-order valence-corrected chi connectivity index (χ4v) is 1.40. The van der Waals surface area contributed by atoms with Gasteiger partial charge in [0.15, 0.2) is 0 Å². The maximum absolute atomic E-state index is 10.9. The topological polar surface area (TPSA) is 99.0 Å². The number of nitro groups is 1. The van der Waals surface area contributed by atoms with Gasteiger partial charge in [-0.05, 0) is 12.8 Å². The van der Waals surface area contributed by atoms with Gasteiger partial charge in [0, 0.05) is 13.6 Å². The lowest BCUT2D eigenvalue weighted by Gasteiger charge is -2.33. The van der Waals surface area contributed by atoms with E-state index in [0.717, 1.165) is 0 Å². The zero-order valence-electron chi connectivity index (χ0n) is 10.6. The SMILES string of the molecule is CC(C)C(C)(CN)Nc1nn(C)cc1[N+](=O)[O-]. The predicted molar refractivity (Wildman–Crippen MR) is 65.8 cm³/mol. The van der Waals surface area contributed by atoms with Crippen molar-refractivity contribution in [3.05, 3.63) is 16.3 Å². The fraction of sp³-hybridized carbons (Fsp3) is 0.700. The summed E-state index contributed by atoms with van der Waals surface area (Å²) in [6.45, 7) is 6.32. The molecule has 1 aromatic rings. The lowest BCUT2D eigenvalue weighted by Crippen LogP contribution is -2.47. The number of aryl methyl sites for hydroxylation is 1. The number of nitrogens with one attached hydrogen (secondary N) is 1. The van der Waals surface area contributed by atoms with Gasteiger partial charge in [0.25, 0.3) is 0 Å². The smallest absolute Gasteiger partial charge is 0.330 e. The van der Waals surface area contributed by atoms with Crippen LogP contribution in [0, 0.1) is 16.0 Å². The molecule has 0 fully saturated rings. The van der Waals surface area contributed by atoms with E-state index in [2.05, 4.69) is 10.4 Å². The summed E-state index contributed by atoms with van der Waals surface area (Å²) in [7, 11) is 1.65. The molecule has 0 aliphatic carbocycles. The molecule has 3 N–H and O–H groups in total. The minimum atomic E-state index is -0.452. The van der Waals surface area contributed by atoms with Gasteiger partial charge >= 0.3 is 5.69 Å². The Morgan fingerprint density at radius 2 is 2.29 bits per heavy atom. The highest BCUT2D eigenvalue weighted by Crippen LogP contribution is 2.27. The van der Waals surface area contributed by atoms with Crippen LogP contribution in [0.1, 0.15) is 20.8 Å². The first-order valence-corrected chi connectivity index (χ1v) is 5.46. The third-order valence-corrected chi connectivity index (χ3v) is 3.11. The molecule has 0 spiro atoms. The highest BCUT2D eigenvalue weighted by atomic mass is 16.6. The average molecular weight is 241 g/mol. The predicted octanol–water partition coefficient (Wildman–Crippen LogP) is 1.11. The van der Waals surface area contributed by atoms with E-state index in [1.54, 1.807) is 7.05 Å². The largest absolute Gasteiger partial charge is 0.356 e. The molecule has 1 unspecified atom stereocenters. The van der Waals surface area contributed by atoms with Crippen LogP contribution in [0.5, 0.6) is 0 Å². The van der Waals surface area contributed by atoms with Crippen molar-refractivity contribution in [1.82, 2.24) is 9.78 Å². The van der Waals surface area contributed by atoms with Crippen molar-refractivity contribution in [3.8, 4) is 0 Å². The van der Waals surface area contributed by atoms with Crippen LogP contribution >= 0.6 is 0 Å². The summed E-state index contributed by atoms with van der Waals surface area (Å²) < 4.78 is 1.41. The number of hydrogen-bond donors (Lipinski definition) is 2. The van der Waals surface area contributed by atoms with Crippen LogP contribution in [0.25, 0.3) is 0 Å². The maximum Gasteiger partial charge on any atom is 0.330 e. The van der Waals surface area contributed by atoms with Gasteiger partial charge in [0.05, 0.1) is 10.5 Å². The first-order valence-electron chi connectivity index (χ1n) is 5.46. The number of anilines is 1. The van der Waals surface area contributed by atoms with E-state index in [1.165, 1.54) is 10.9 Å². The molecular formula is C10H19N5O2. The fourth-order valence-electron chi connectivity index (χ4n) is 1.40. The number of nitrogens with zero attached hydrogens (tertiary/aromatic N) is 3. The quantitative estimate of drug-likeness (QED) is 0.594. The van der Waals surface area contributed by atoms with Gasteiger partial charge in [-0.1, -0.05) is 13.8 Å². The summed E-state index contributed by atoms with van der Waals surface area (Å²) >= 11 is 0. The molecule has 0 bridgehead atoms. The van der Waals surface area contributed by atoms with Crippen molar-refractivity contribution in [2.24, 2.45) is 18.7 Å². The third kappa shape index (κ3) is 2.73. The number of aromatic nitrogens is 2. The molecule has 1 rings (SSSR count). The normalized spacial score (nSPS) is 14.7. The van der Waals surface area contributed by atoms with Crippen LogP contribution in [0.15, 0.2) is 6.20 Å². The van der Waals surface area contributed by atoms with E-state index in [1.807, 2.05) is 20.8 Å². The Morgan fingerprint density at radius 3 is 2.71 bits per heavy atom. The number of nitrogens with two attached hydrogens (primary N) is 1. The highest BCUT2D eigenvalue weighted by molar-refractivity contribution is 5.56. The summed E-state index contributed by atoms with van der Waals surface area (Å²) in [6.07, 6.45) is 1.37. The molecule has 7 nitrogen and oxygen atoms in total. The zero-order chi connectivity index (χ0) is 13.2. The van der Waals surface area contributed by atoms with Crippen LogP contribution in [-0.4, -0.2) is 26.8 Å². The molecular weight excluding hydrogens is 222 g/mol. The van der Waals surface area contributed by atoms with E-state index in [4.69, 9.17) is 5.73 Å². The molecule has 0 saturated heterocycles. The van der Waals surface area contributed by atoms with Gasteiger partial charge < -0.3 is 11.1 Å². The molecule has 0 amide bonds. The first-order chi connectivity index (χ1) is 7.80. The van der Waals surface area contributed by atoms with Crippen LogP contribution in [0.4, 0.5) is 11.5 Å². The minimum Gasteiger partial charge on any atom is -0.356 e. The standard InChI is InChI=1S/C10H19N5O2/c1-7(2)10(3,6-11)12-9-8(15(16)17)5-14(4)13-9/h5,7H,6,11H2,1-4H3,(H,12,13). The summed E-state index contributed by atoms with van der Waals surface area (Å²) in [5.41, 5.74) is 5.27. The molecule has 0 radical (unpaired) electrons. The molecule has 0 aliphatic heterocycles. The third-order valence-electron chi connectivity index (χ3n) is 3.11. The molecule has 17 heavy (non-hydrogen) atoms. The Morgan fingerprint density at radius 1 is 1.71 bits per heavy atom. The summed E-state index contributed by atoms with van der Waals surface area (Å²) in [6, 6.07) is 0. The Balaban J connectivity index is 3.05. The van der Waals surface area contributed by atoms with Crippen LogP contribution in [0.2, 0.25) is 0 Å². The van der Waals surface area contributed by atoms with Crippen LogP contribution in [0.3, 0.4) is 0 Å². The molecule has 1 heterocycles. The minimum absolute atomic E-state index is 0.0344. The van der Waals surface area contributed by atoms with E-state index in [9.17, 15) is 10.1 Å². The van der Waals surface area contributed by atoms with Gasteiger partial charge in [-0.3, -0.25) is 14.8 Å². The molecule has 0 saturated carbocycles. The second-order valence-corrected chi connectivity index (χ2v) is 4.70. The first kappa shape index (κ1) is 13.4. The molecule has 1 atom stereocenters. The maximum atomic E-state index is 10.9. The lowest BCUT2D eigenvalue weighted by molar-refractivity contribution is -0.384. The van der Waals surface area contributed by atoms with Gasteiger partial charge in [-0.2, -0.15) is 0 Å². The van der Waals surface area contributed by atoms with Crippen molar-refractivity contribution >= 4 is 11.5 Å². The second kappa shape index (κ2) is 4.70. The van der Waals surface area contributed by atoms with E-state index in [-0.39, 0.29) is 17.4 Å². The second-order valence-electron chi connectivity index (χ2n) is 4.70. The van der Waals surface area contributed by atoms with E-state index < -0.39 is 10.5 Å². The van der Waals surface area contributed by atoms with Gasteiger partial charge in [-0.25, -0.2) is 0 Å². The summed E-state index contributed by atoms with van der Waals surface area (Å²) in [5, 5.41) is 18.0. The molecule has 96 valence electrons. The Labute approximate surface area is 100 Å². The summed E-state index contributed by atoms with van der Waals surface area (Å²) in [5.74, 6) is 0.494. The Bertz CT molecular complexity index is 415. The molecule has 0 aliphatic rings. The van der Waals surface area contributed by atoms with Crippen molar-refractivity contribution in [3.63, 3.8) is 0 Å². The van der Waals surface area contributed by atoms with Crippen molar-refractivity contribution in [2.45, 2.75) is 26.3 Å². The zero-order valence-corrected chi connectivity index (χ0v) is 10.6. The monoisotopic (exact) mass is 241 g/mol. The van der Waals surface area contributed by atoms with Crippen molar-refractivity contribution in [2.75, 3.05) is 11.9 Å². The molecule has 7 heteroatoms. The number of rotatable bonds is 5. The Kier molecular flexibility index (Phi) is 3.72. The molecule has 0 aromatic carbocycles.